The van der Waals surface area contributed by atoms with Crippen molar-refractivity contribution in [3.63, 3.8) is 0 Å². The molecule has 6 heteroatoms. The fraction of sp³-hybridized carbons (Fsp3) is 0.185. The van der Waals surface area contributed by atoms with Crippen LogP contribution in [0, 0.1) is 13.8 Å². The van der Waals surface area contributed by atoms with Gasteiger partial charge in [-0.05, 0) is 60.9 Å². The first kappa shape index (κ1) is 20.8. The number of para-hydroxylation sites is 2. The summed E-state index contributed by atoms with van der Waals surface area (Å²) in [5, 5.41) is 3.82. The van der Waals surface area contributed by atoms with Crippen molar-refractivity contribution in [3.8, 4) is 16.9 Å². The highest BCUT2D eigenvalue weighted by molar-refractivity contribution is 6.06. The predicted molar refractivity (Wildman–Crippen MR) is 130 cm³/mol. The van der Waals surface area contributed by atoms with Crippen LogP contribution in [0.5, 0.6) is 5.75 Å². The summed E-state index contributed by atoms with van der Waals surface area (Å²) in [5.74, 6) is 0.0930. The van der Waals surface area contributed by atoms with Crippen molar-refractivity contribution < 1.29 is 14.3 Å². The number of aryl methyl sites for hydroxylation is 1. The van der Waals surface area contributed by atoms with Gasteiger partial charge in [-0.3, -0.25) is 9.59 Å². The average Bonchev–Trinajstić information content (AvgIpc) is 3.21. The van der Waals surface area contributed by atoms with Crippen LogP contribution in [0.15, 0.2) is 66.9 Å². The van der Waals surface area contributed by atoms with Crippen molar-refractivity contribution in [2.45, 2.75) is 19.9 Å². The maximum atomic E-state index is 13.1. The number of fused-ring (bicyclic) bond motifs is 2. The molecule has 1 aliphatic rings. The summed E-state index contributed by atoms with van der Waals surface area (Å²) in [6.45, 7) is 4.27. The molecular weight excluding hydrogens is 414 g/mol. The van der Waals surface area contributed by atoms with E-state index in [0.29, 0.717) is 17.0 Å². The lowest BCUT2D eigenvalue weighted by Crippen LogP contribution is -2.49. The van der Waals surface area contributed by atoms with Gasteiger partial charge in [0.25, 0.3) is 11.8 Å². The molecule has 6 nitrogen and oxygen atoms in total. The van der Waals surface area contributed by atoms with Crippen LogP contribution in [-0.4, -0.2) is 36.5 Å². The van der Waals surface area contributed by atoms with Crippen molar-refractivity contribution >= 4 is 28.4 Å². The highest BCUT2D eigenvalue weighted by atomic mass is 16.5. The minimum atomic E-state index is -0.782. The van der Waals surface area contributed by atoms with Gasteiger partial charge >= 0.3 is 0 Å². The van der Waals surface area contributed by atoms with Gasteiger partial charge < -0.3 is 19.9 Å². The SMILES string of the molecule is Cc1cccc(-c2c[nH]c3ccc(C(=O)N[C@H]4COc5ccccc5N(C)C4=O)cc23)c1C. The van der Waals surface area contributed by atoms with Crippen LogP contribution in [0.2, 0.25) is 0 Å². The number of benzene rings is 3. The molecule has 0 spiro atoms. The third kappa shape index (κ3) is 3.63. The number of anilines is 1. The molecule has 166 valence electrons. The molecule has 4 aromatic rings. The number of nitrogens with zero attached hydrogens (tertiary/aromatic N) is 1. The van der Waals surface area contributed by atoms with Crippen molar-refractivity contribution in [2.24, 2.45) is 0 Å². The van der Waals surface area contributed by atoms with E-state index in [0.717, 1.165) is 22.0 Å². The number of hydrogen-bond donors (Lipinski definition) is 2. The Labute approximate surface area is 192 Å². The third-order valence-corrected chi connectivity index (χ3v) is 6.40. The molecule has 0 saturated carbocycles. The zero-order valence-corrected chi connectivity index (χ0v) is 18.8. The van der Waals surface area contributed by atoms with Gasteiger partial charge in [0, 0.05) is 35.3 Å². The van der Waals surface area contributed by atoms with E-state index in [1.165, 1.54) is 16.0 Å². The van der Waals surface area contributed by atoms with Crippen LogP contribution in [-0.2, 0) is 4.79 Å². The fourth-order valence-electron chi connectivity index (χ4n) is 4.33. The number of hydrogen-bond acceptors (Lipinski definition) is 3. The van der Waals surface area contributed by atoms with Crippen molar-refractivity contribution in [1.29, 1.82) is 0 Å². The minimum absolute atomic E-state index is 0.0755. The number of rotatable bonds is 3. The maximum Gasteiger partial charge on any atom is 0.252 e. The lowest BCUT2D eigenvalue weighted by Gasteiger charge is -2.20. The molecule has 3 aromatic carbocycles. The molecule has 0 unspecified atom stereocenters. The Morgan fingerprint density at radius 1 is 1.06 bits per heavy atom. The van der Waals surface area contributed by atoms with Crippen LogP contribution in [0.3, 0.4) is 0 Å². The summed E-state index contributed by atoms with van der Waals surface area (Å²) in [6, 6.07) is 18.3. The number of nitrogens with one attached hydrogen (secondary N) is 2. The van der Waals surface area contributed by atoms with Crippen molar-refractivity contribution in [1.82, 2.24) is 10.3 Å². The summed E-state index contributed by atoms with van der Waals surface area (Å²) in [6.07, 6.45) is 1.98. The third-order valence-electron chi connectivity index (χ3n) is 6.40. The van der Waals surface area contributed by atoms with E-state index in [2.05, 4.69) is 36.3 Å². The molecule has 1 aromatic heterocycles. The van der Waals surface area contributed by atoms with E-state index in [1.807, 2.05) is 48.7 Å². The second-order valence-corrected chi connectivity index (χ2v) is 8.41. The molecule has 5 rings (SSSR count). The number of ether oxygens (including phenoxy) is 1. The fourth-order valence-corrected chi connectivity index (χ4v) is 4.33. The van der Waals surface area contributed by atoms with Gasteiger partial charge in [-0.25, -0.2) is 0 Å². The highest BCUT2D eigenvalue weighted by Crippen LogP contribution is 2.33. The summed E-state index contributed by atoms with van der Waals surface area (Å²) in [7, 11) is 1.69. The monoisotopic (exact) mass is 439 g/mol. The van der Waals surface area contributed by atoms with E-state index in [4.69, 9.17) is 4.74 Å². The summed E-state index contributed by atoms with van der Waals surface area (Å²) < 4.78 is 5.82. The number of carbonyl (C=O) groups excluding carboxylic acids is 2. The van der Waals surface area contributed by atoms with Gasteiger partial charge in [-0.1, -0.05) is 30.3 Å². The number of amides is 2. The molecule has 0 aliphatic carbocycles. The number of carbonyl (C=O) groups is 2. The van der Waals surface area contributed by atoms with E-state index >= 15 is 0 Å². The molecule has 0 bridgehead atoms. The molecule has 33 heavy (non-hydrogen) atoms. The van der Waals surface area contributed by atoms with E-state index in [-0.39, 0.29) is 18.4 Å². The summed E-state index contributed by atoms with van der Waals surface area (Å²) >= 11 is 0. The number of aromatic nitrogens is 1. The molecule has 1 atom stereocenters. The maximum absolute atomic E-state index is 13.1. The molecule has 0 saturated heterocycles. The molecule has 0 fully saturated rings. The normalized spacial score (nSPS) is 15.7. The summed E-state index contributed by atoms with van der Waals surface area (Å²) in [4.78, 5) is 30.9. The largest absolute Gasteiger partial charge is 0.489 e. The molecule has 0 radical (unpaired) electrons. The Bertz CT molecular complexity index is 1390. The highest BCUT2D eigenvalue weighted by Gasteiger charge is 2.30. The molecule has 2 amide bonds. The zero-order chi connectivity index (χ0) is 23.1. The smallest absolute Gasteiger partial charge is 0.252 e. The molecule has 2 heterocycles. The van der Waals surface area contributed by atoms with E-state index < -0.39 is 6.04 Å². The van der Waals surface area contributed by atoms with Crippen molar-refractivity contribution in [2.75, 3.05) is 18.6 Å². The van der Waals surface area contributed by atoms with E-state index in [9.17, 15) is 9.59 Å². The first-order valence-electron chi connectivity index (χ1n) is 10.9. The van der Waals surface area contributed by atoms with Gasteiger partial charge in [0.1, 0.15) is 18.4 Å². The predicted octanol–water partition coefficient (Wildman–Crippen LogP) is 4.61. The van der Waals surface area contributed by atoms with Gasteiger partial charge in [0.15, 0.2) is 0 Å². The first-order chi connectivity index (χ1) is 15.9. The van der Waals surface area contributed by atoms with Gasteiger partial charge in [-0.15, -0.1) is 0 Å². The van der Waals surface area contributed by atoms with Gasteiger partial charge in [0.2, 0.25) is 0 Å². The molecular formula is C27H25N3O3. The minimum Gasteiger partial charge on any atom is -0.489 e. The Morgan fingerprint density at radius 2 is 1.88 bits per heavy atom. The Hall–Kier alpha value is -4.06. The first-order valence-corrected chi connectivity index (χ1v) is 10.9. The zero-order valence-electron chi connectivity index (χ0n) is 18.8. The van der Waals surface area contributed by atoms with E-state index in [1.54, 1.807) is 13.1 Å². The Balaban J connectivity index is 1.44. The Morgan fingerprint density at radius 3 is 2.73 bits per heavy atom. The van der Waals surface area contributed by atoms with Gasteiger partial charge in [-0.2, -0.15) is 0 Å². The lowest BCUT2D eigenvalue weighted by molar-refractivity contribution is -0.120. The number of likely N-dealkylation sites (N-methyl/N-ethyl adjacent to an activating group) is 1. The summed E-state index contributed by atoms with van der Waals surface area (Å²) in [5.41, 5.74) is 6.73. The standard InChI is InChI=1S/C27H25N3O3/c1-16-7-6-8-19(17(16)2)21-14-28-22-12-11-18(13-20(21)22)26(31)29-23-15-33-25-10-5-4-9-24(25)30(3)27(23)32/h4-14,23,28H,15H2,1-3H3,(H,29,31)/t23-/m0/s1. The second kappa shape index (κ2) is 8.13. The van der Waals surface area contributed by atoms with Crippen LogP contribution in [0.25, 0.3) is 22.0 Å². The van der Waals surface area contributed by atoms with Crippen LogP contribution in [0.4, 0.5) is 5.69 Å². The van der Waals surface area contributed by atoms with Crippen LogP contribution >= 0.6 is 0 Å². The quantitative estimate of drug-likeness (QED) is 0.490. The number of aromatic amines is 1. The van der Waals surface area contributed by atoms with Crippen LogP contribution < -0.4 is 15.0 Å². The average molecular weight is 440 g/mol. The molecule has 2 N–H and O–H groups in total. The Kier molecular flexibility index (Phi) is 5.13. The van der Waals surface area contributed by atoms with Crippen molar-refractivity contribution in [3.05, 3.63) is 83.6 Å². The number of H-pyrrole nitrogens is 1. The second-order valence-electron chi connectivity index (χ2n) is 8.41. The van der Waals surface area contributed by atoms with Crippen LogP contribution in [0.1, 0.15) is 21.5 Å². The van der Waals surface area contributed by atoms with Gasteiger partial charge in [0.05, 0.1) is 5.69 Å². The lowest BCUT2D eigenvalue weighted by atomic mass is 9.96. The topological polar surface area (TPSA) is 74.4 Å². The molecule has 1 aliphatic heterocycles.